The number of carbonyl (C=O) groups excluding carboxylic acids is 2. The van der Waals surface area contributed by atoms with E-state index in [1.165, 1.54) is 6.92 Å². The molecule has 2 aromatic carbocycles. The minimum atomic E-state index is -0.932. The van der Waals surface area contributed by atoms with Gasteiger partial charge in [0.15, 0.2) is 6.10 Å². The normalized spacial score (nSPS) is 11.7. The lowest BCUT2D eigenvalue weighted by Gasteiger charge is -2.15. The van der Waals surface area contributed by atoms with E-state index in [1.54, 1.807) is 24.3 Å². The SMILES string of the molecule is Cc1cccc(NC(=O)[C@H](C)OC(=O)c2ccccc2Cl)c1C. The van der Waals surface area contributed by atoms with Crippen LogP contribution in [0.5, 0.6) is 0 Å². The third-order valence-electron chi connectivity index (χ3n) is 3.61. The molecule has 1 amide bonds. The van der Waals surface area contributed by atoms with E-state index in [0.717, 1.165) is 11.1 Å². The Morgan fingerprint density at radius 2 is 1.78 bits per heavy atom. The van der Waals surface area contributed by atoms with E-state index in [0.29, 0.717) is 10.7 Å². The summed E-state index contributed by atoms with van der Waals surface area (Å²) in [4.78, 5) is 24.3. The van der Waals surface area contributed by atoms with Gasteiger partial charge in [0.1, 0.15) is 0 Å². The van der Waals surface area contributed by atoms with E-state index < -0.39 is 12.1 Å². The maximum Gasteiger partial charge on any atom is 0.340 e. The zero-order valence-corrected chi connectivity index (χ0v) is 14.0. The largest absolute Gasteiger partial charge is 0.449 e. The van der Waals surface area contributed by atoms with Gasteiger partial charge in [0, 0.05) is 5.69 Å². The Bertz CT molecular complexity index is 743. The van der Waals surface area contributed by atoms with E-state index in [4.69, 9.17) is 16.3 Å². The predicted molar refractivity (Wildman–Crippen MR) is 90.9 cm³/mol. The average molecular weight is 332 g/mol. The molecular formula is C18H18ClNO3. The van der Waals surface area contributed by atoms with Crippen molar-refractivity contribution in [1.82, 2.24) is 0 Å². The van der Waals surface area contributed by atoms with Gasteiger partial charge < -0.3 is 10.1 Å². The summed E-state index contributed by atoms with van der Waals surface area (Å²) in [6.45, 7) is 5.41. The molecule has 1 N–H and O–H groups in total. The van der Waals surface area contributed by atoms with Gasteiger partial charge in [-0.05, 0) is 50.1 Å². The molecule has 0 radical (unpaired) electrons. The Morgan fingerprint density at radius 3 is 2.48 bits per heavy atom. The lowest BCUT2D eigenvalue weighted by atomic mass is 10.1. The summed E-state index contributed by atoms with van der Waals surface area (Å²) >= 11 is 5.95. The van der Waals surface area contributed by atoms with Gasteiger partial charge in [0.2, 0.25) is 0 Å². The molecule has 5 heteroatoms. The summed E-state index contributed by atoms with van der Waals surface area (Å²) in [6, 6.07) is 12.2. The smallest absolute Gasteiger partial charge is 0.340 e. The molecule has 0 unspecified atom stereocenters. The molecule has 23 heavy (non-hydrogen) atoms. The van der Waals surface area contributed by atoms with Crippen LogP contribution in [0.4, 0.5) is 5.69 Å². The van der Waals surface area contributed by atoms with Crippen molar-refractivity contribution < 1.29 is 14.3 Å². The number of ether oxygens (including phenoxy) is 1. The highest BCUT2D eigenvalue weighted by Crippen LogP contribution is 2.19. The molecule has 0 saturated heterocycles. The molecule has 0 aromatic heterocycles. The van der Waals surface area contributed by atoms with Gasteiger partial charge in [-0.2, -0.15) is 0 Å². The molecule has 0 aliphatic carbocycles. The number of hydrogen-bond acceptors (Lipinski definition) is 3. The summed E-state index contributed by atoms with van der Waals surface area (Å²) in [5, 5.41) is 3.06. The highest BCUT2D eigenvalue weighted by atomic mass is 35.5. The third kappa shape index (κ3) is 4.11. The predicted octanol–water partition coefficient (Wildman–Crippen LogP) is 4.14. The lowest BCUT2D eigenvalue weighted by molar-refractivity contribution is -0.123. The Kier molecular flexibility index (Phi) is 5.40. The van der Waals surface area contributed by atoms with Crippen molar-refractivity contribution in [2.24, 2.45) is 0 Å². The summed E-state index contributed by atoms with van der Waals surface area (Å²) in [6.07, 6.45) is -0.932. The molecule has 0 bridgehead atoms. The first-order chi connectivity index (χ1) is 10.9. The highest BCUT2D eigenvalue weighted by molar-refractivity contribution is 6.33. The number of benzene rings is 2. The number of amides is 1. The number of halogens is 1. The van der Waals surface area contributed by atoms with Crippen molar-refractivity contribution in [2.75, 3.05) is 5.32 Å². The molecule has 0 aliphatic heterocycles. The molecule has 1 atom stereocenters. The molecule has 4 nitrogen and oxygen atoms in total. The third-order valence-corrected chi connectivity index (χ3v) is 3.94. The summed E-state index contributed by atoms with van der Waals surface area (Å²) in [5.41, 5.74) is 2.99. The highest BCUT2D eigenvalue weighted by Gasteiger charge is 2.21. The van der Waals surface area contributed by atoms with Crippen LogP contribution in [0, 0.1) is 13.8 Å². The number of anilines is 1. The van der Waals surface area contributed by atoms with Crippen LogP contribution in [-0.4, -0.2) is 18.0 Å². The Morgan fingerprint density at radius 1 is 1.09 bits per heavy atom. The van der Waals surface area contributed by atoms with Crippen LogP contribution in [0.25, 0.3) is 0 Å². The standard InChI is InChI=1S/C18H18ClNO3/c1-11-7-6-10-16(12(11)2)20-17(21)13(3)23-18(22)14-8-4-5-9-15(14)19/h4-10,13H,1-3H3,(H,20,21)/t13-/m0/s1. The second-order valence-electron chi connectivity index (χ2n) is 5.26. The fraction of sp³-hybridized carbons (Fsp3) is 0.222. The van der Waals surface area contributed by atoms with Crippen LogP contribution in [0.15, 0.2) is 42.5 Å². The lowest BCUT2D eigenvalue weighted by Crippen LogP contribution is -2.30. The van der Waals surface area contributed by atoms with Crippen molar-refractivity contribution in [3.63, 3.8) is 0 Å². The molecule has 0 fully saturated rings. The van der Waals surface area contributed by atoms with Crippen molar-refractivity contribution in [3.8, 4) is 0 Å². The zero-order valence-electron chi connectivity index (χ0n) is 13.2. The van der Waals surface area contributed by atoms with Crippen LogP contribution in [0.2, 0.25) is 5.02 Å². The van der Waals surface area contributed by atoms with Crippen LogP contribution in [0.3, 0.4) is 0 Å². The molecule has 0 spiro atoms. The molecule has 2 aromatic rings. The van der Waals surface area contributed by atoms with Gasteiger partial charge in [0.25, 0.3) is 5.91 Å². The topological polar surface area (TPSA) is 55.4 Å². The first-order valence-corrected chi connectivity index (χ1v) is 7.60. The van der Waals surface area contributed by atoms with Gasteiger partial charge >= 0.3 is 5.97 Å². The number of esters is 1. The zero-order chi connectivity index (χ0) is 17.0. The number of rotatable bonds is 4. The summed E-state index contributed by atoms with van der Waals surface area (Å²) in [5.74, 6) is -1.02. The Balaban J connectivity index is 2.04. The monoisotopic (exact) mass is 331 g/mol. The molecule has 120 valence electrons. The fourth-order valence-electron chi connectivity index (χ4n) is 2.03. The second-order valence-corrected chi connectivity index (χ2v) is 5.67. The maximum atomic E-state index is 12.2. The second kappa shape index (κ2) is 7.29. The van der Waals surface area contributed by atoms with Crippen molar-refractivity contribution in [2.45, 2.75) is 26.9 Å². The first kappa shape index (κ1) is 17.0. The van der Waals surface area contributed by atoms with E-state index in [-0.39, 0.29) is 11.5 Å². The van der Waals surface area contributed by atoms with Gasteiger partial charge in [-0.1, -0.05) is 35.9 Å². The van der Waals surface area contributed by atoms with Gasteiger partial charge in [-0.15, -0.1) is 0 Å². The Labute approximate surface area is 140 Å². The summed E-state index contributed by atoms with van der Waals surface area (Å²) in [7, 11) is 0. The van der Waals surface area contributed by atoms with Crippen LogP contribution in [-0.2, 0) is 9.53 Å². The number of hydrogen-bond donors (Lipinski definition) is 1. The number of carbonyl (C=O) groups is 2. The van der Waals surface area contributed by atoms with Crippen molar-refractivity contribution in [1.29, 1.82) is 0 Å². The minimum Gasteiger partial charge on any atom is -0.449 e. The molecule has 0 saturated carbocycles. The quantitative estimate of drug-likeness (QED) is 0.857. The summed E-state index contributed by atoms with van der Waals surface area (Å²) < 4.78 is 5.19. The van der Waals surface area contributed by atoms with Crippen molar-refractivity contribution in [3.05, 3.63) is 64.2 Å². The van der Waals surface area contributed by atoms with E-state index >= 15 is 0 Å². The van der Waals surface area contributed by atoms with Crippen LogP contribution < -0.4 is 5.32 Å². The van der Waals surface area contributed by atoms with Crippen LogP contribution in [0.1, 0.15) is 28.4 Å². The minimum absolute atomic E-state index is 0.237. The van der Waals surface area contributed by atoms with Gasteiger partial charge in [0.05, 0.1) is 10.6 Å². The van der Waals surface area contributed by atoms with Gasteiger partial charge in [-0.25, -0.2) is 4.79 Å². The number of nitrogens with one attached hydrogen (secondary N) is 1. The molecule has 2 rings (SSSR count). The van der Waals surface area contributed by atoms with Crippen LogP contribution >= 0.6 is 11.6 Å². The molecule has 0 heterocycles. The maximum absolute atomic E-state index is 12.2. The Hall–Kier alpha value is -2.33. The first-order valence-electron chi connectivity index (χ1n) is 7.22. The van der Waals surface area contributed by atoms with Crippen molar-refractivity contribution >= 4 is 29.2 Å². The number of aryl methyl sites for hydroxylation is 1. The molecular weight excluding hydrogens is 314 g/mol. The van der Waals surface area contributed by atoms with E-state index in [9.17, 15) is 9.59 Å². The average Bonchev–Trinajstić information content (AvgIpc) is 2.52. The van der Waals surface area contributed by atoms with Gasteiger partial charge in [-0.3, -0.25) is 4.79 Å². The molecule has 0 aliphatic rings. The fourth-order valence-corrected chi connectivity index (χ4v) is 2.24. The van der Waals surface area contributed by atoms with E-state index in [2.05, 4.69) is 5.32 Å². The van der Waals surface area contributed by atoms with E-state index in [1.807, 2.05) is 32.0 Å².